The van der Waals surface area contributed by atoms with E-state index in [2.05, 4.69) is 13.8 Å². The highest BCUT2D eigenvalue weighted by atomic mass is 16.3. The fourth-order valence-electron chi connectivity index (χ4n) is 2.90. The molecule has 0 amide bonds. The monoisotopic (exact) mass is 251 g/mol. The fourth-order valence-corrected chi connectivity index (χ4v) is 2.90. The van der Waals surface area contributed by atoms with Gasteiger partial charge in [-0.3, -0.25) is 4.99 Å². The lowest BCUT2D eigenvalue weighted by Crippen LogP contribution is -1.95. The van der Waals surface area contributed by atoms with Crippen molar-refractivity contribution in [3.05, 3.63) is 59.2 Å². The number of fused-ring (bicyclic) bond motifs is 1. The van der Waals surface area contributed by atoms with Crippen LogP contribution < -0.4 is 0 Å². The van der Waals surface area contributed by atoms with Gasteiger partial charge in [-0.1, -0.05) is 31.2 Å². The molecule has 0 unspecified atom stereocenters. The smallest absolute Gasteiger partial charge is 0.124 e. The number of hydrogen-bond acceptors (Lipinski definition) is 2. The molecule has 0 aromatic heterocycles. The lowest BCUT2D eigenvalue weighted by Gasteiger charge is -2.08. The van der Waals surface area contributed by atoms with Crippen LogP contribution in [0, 0.1) is 6.92 Å². The summed E-state index contributed by atoms with van der Waals surface area (Å²) in [6, 6.07) is 13.7. The molecule has 0 saturated carbocycles. The number of benzene rings is 2. The Labute approximate surface area is 113 Å². The Hall–Kier alpha value is -2.09. The first kappa shape index (κ1) is 12.0. The molecule has 0 saturated heterocycles. The van der Waals surface area contributed by atoms with Crippen molar-refractivity contribution in [1.82, 2.24) is 0 Å². The molecule has 1 atom stereocenters. The number of para-hydroxylation sites is 1. The van der Waals surface area contributed by atoms with Gasteiger partial charge in [0.05, 0.1) is 11.4 Å². The van der Waals surface area contributed by atoms with Crippen molar-refractivity contribution in [1.29, 1.82) is 0 Å². The molecule has 19 heavy (non-hydrogen) atoms. The number of phenols is 1. The Kier molecular flexibility index (Phi) is 2.86. The van der Waals surface area contributed by atoms with Crippen LogP contribution in [0.5, 0.6) is 5.75 Å². The zero-order valence-corrected chi connectivity index (χ0v) is 11.2. The first-order valence-corrected chi connectivity index (χ1v) is 6.62. The van der Waals surface area contributed by atoms with Crippen LogP contribution in [0.25, 0.3) is 0 Å². The van der Waals surface area contributed by atoms with Gasteiger partial charge < -0.3 is 5.11 Å². The minimum Gasteiger partial charge on any atom is -0.507 e. The van der Waals surface area contributed by atoms with E-state index in [1.165, 1.54) is 11.1 Å². The van der Waals surface area contributed by atoms with Gasteiger partial charge >= 0.3 is 0 Å². The van der Waals surface area contributed by atoms with Crippen LogP contribution in [0.2, 0.25) is 0 Å². The number of phenolic OH excluding ortho intramolecular Hbond substituents is 1. The van der Waals surface area contributed by atoms with E-state index in [4.69, 9.17) is 4.99 Å². The molecule has 1 aliphatic carbocycles. The van der Waals surface area contributed by atoms with Crippen LogP contribution in [0.3, 0.4) is 0 Å². The Morgan fingerprint density at radius 2 is 1.84 bits per heavy atom. The summed E-state index contributed by atoms with van der Waals surface area (Å²) in [6.07, 6.45) is 0.892. The van der Waals surface area contributed by atoms with Crippen LogP contribution in [0.15, 0.2) is 47.5 Å². The fraction of sp³-hybridized carbons (Fsp3) is 0.235. The van der Waals surface area contributed by atoms with E-state index in [0.717, 1.165) is 23.4 Å². The van der Waals surface area contributed by atoms with Crippen molar-refractivity contribution in [3.8, 4) is 5.75 Å². The van der Waals surface area contributed by atoms with Gasteiger partial charge in [0.15, 0.2) is 0 Å². The molecule has 1 N–H and O–H groups in total. The molecule has 0 fully saturated rings. The summed E-state index contributed by atoms with van der Waals surface area (Å²) in [7, 11) is 0. The minimum absolute atomic E-state index is 0.347. The van der Waals surface area contributed by atoms with Crippen LogP contribution in [0.4, 0.5) is 5.69 Å². The maximum atomic E-state index is 10.1. The summed E-state index contributed by atoms with van der Waals surface area (Å²) >= 11 is 0. The quantitative estimate of drug-likeness (QED) is 0.804. The number of hydrogen-bond donors (Lipinski definition) is 1. The van der Waals surface area contributed by atoms with E-state index in [1.54, 1.807) is 6.07 Å². The van der Waals surface area contributed by atoms with Crippen LogP contribution in [-0.4, -0.2) is 10.8 Å². The Morgan fingerprint density at radius 1 is 1.11 bits per heavy atom. The van der Waals surface area contributed by atoms with Crippen molar-refractivity contribution >= 4 is 11.4 Å². The minimum atomic E-state index is 0.347. The molecular weight excluding hydrogens is 234 g/mol. The number of rotatable bonds is 1. The van der Waals surface area contributed by atoms with E-state index in [-0.39, 0.29) is 0 Å². The molecule has 0 bridgehead atoms. The summed E-state index contributed by atoms with van der Waals surface area (Å²) in [4.78, 5) is 4.71. The molecule has 2 heteroatoms. The van der Waals surface area contributed by atoms with E-state index in [0.29, 0.717) is 11.7 Å². The van der Waals surface area contributed by atoms with Crippen LogP contribution >= 0.6 is 0 Å². The second-order valence-corrected chi connectivity index (χ2v) is 5.19. The summed E-state index contributed by atoms with van der Waals surface area (Å²) in [5.41, 5.74) is 5.36. The first-order chi connectivity index (χ1) is 9.16. The molecular formula is C17H17NO. The van der Waals surface area contributed by atoms with Crippen molar-refractivity contribution < 1.29 is 5.11 Å². The zero-order valence-electron chi connectivity index (χ0n) is 11.2. The third-order valence-electron chi connectivity index (χ3n) is 3.74. The van der Waals surface area contributed by atoms with Crippen molar-refractivity contribution in [2.45, 2.75) is 26.2 Å². The van der Waals surface area contributed by atoms with E-state index < -0.39 is 0 Å². The Morgan fingerprint density at radius 3 is 2.58 bits per heavy atom. The Balaban J connectivity index is 2.15. The average Bonchev–Trinajstić information content (AvgIpc) is 2.73. The lowest BCUT2D eigenvalue weighted by molar-refractivity contribution is 0.473. The highest BCUT2D eigenvalue weighted by molar-refractivity contribution is 6.08. The molecule has 1 aliphatic rings. The third-order valence-corrected chi connectivity index (χ3v) is 3.74. The highest BCUT2D eigenvalue weighted by Gasteiger charge is 2.28. The highest BCUT2D eigenvalue weighted by Crippen LogP contribution is 2.40. The predicted molar refractivity (Wildman–Crippen MR) is 78.5 cm³/mol. The van der Waals surface area contributed by atoms with Gasteiger partial charge in [0, 0.05) is 5.56 Å². The zero-order chi connectivity index (χ0) is 13.4. The number of nitrogens with zero attached hydrogens (tertiary/aromatic N) is 1. The first-order valence-electron chi connectivity index (χ1n) is 6.62. The SMILES string of the molecule is Cc1ccc(O)c2c1[C@@H](C)CC2=Nc1ccccc1. The third kappa shape index (κ3) is 2.03. The Bertz CT molecular complexity index is 644. The molecule has 96 valence electrons. The molecule has 0 aliphatic heterocycles. The summed E-state index contributed by atoms with van der Waals surface area (Å²) < 4.78 is 0. The molecule has 0 heterocycles. The van der Waals surface area contributed by atoms with Crippen molar-refractivity contribution in [3.63, 3.8) is 0 Å². The van der Waals surface area contributed by atoms with Crippen LogP contribution in [0.1, 0.15) is 36.0 Å². The second kappa shape index (κ2) is 4.54. The molecule has 3 rings (SSSR count). The number of aliphatic imine (C=N–C) groups is 1. The molecule has 2 aromatic carbocycles. The van der Waals surface area contributed by atoms with Gasteiger partial charge in [0.1, 0.15) is 5.75 Å². The largest absolute Gasteiger partial charge is 0.507 e. The van der Waals surface area contributed by atoms with Gasteiger partial charge in [-0.05, 0) is 48.6 Å². The van der Waals surface area contributed by atoms with Gasteiger partial charge in [-0.25, -0.2) is 0 Å². The van der Waals surface area contributed by atoms with Crippen molar-refractivity contribution in [2.24, 2.45) is 4.99 Å². The lowest BCUT2D eigenvalue weighted by atomic mass is 9.98. The van der Waals surface area contributed by atoms with E-state index >= 15 is 0 Å². The van der Waals surface area contributed by atoms with Gasteiger partial charge in [-0.2, -0.15) is 0 Å². The predicted octanol–water partition coefficient (Wildman–Crippen LogP) is 4.33. The second-order valence-electron chi connectivity index (χ2n) is 5.19. The summed E-state index contributed by atoms with van der Waals surface area (Å²) in [5.74, 6) is 0.768. The van der Waals surface area contributed by atoms with Gasteiger partial charge in [0.2, 0.25) is 0 Å². The van der Waals surface area contributed by atoms with E-state index in [1.807, 2.05) is 36.4 Å². The van der Waals surface area contributed by atoms with Gasteiger partial charge in [-0.15, -0.1) is 0 Å². The maximum absolute atomic E-state index is 10.1. The number of aromatic hydroxyl groups is 1. The van der Waals surface area contributed by atoms with Gasteiger partial charge in [0.25, 0.3) is 0 Å². The topological polar surface area (TPSA) is 32.6 Å². The number of aryl methyl sites for hydroxylation is 1. The molecule has 2 aromatic rings. The molecule has 2 nitrogen and oxygen atoms in total. The summed E-state index contributed by atoms with van der Waals surface area (Å²) in [6.45, 7) is 4.29. The molecule has 0 radical (unpaired) electrons. The van der Waals surface area contributed by atoms with E-state index in [9.17, 15) is 5.11 Å². The van der Waals surface area contributed by atoms with Crippen LogP contribution in [-0.2, 0) is 0 Å². The normalized spacial score (nSPS) is 19.7. The standard InChI is InChI=1S/C17H17NO/c1-11-8-9-15(19)17-14(10-12(2)16(11)17)18-13-6-4-3-5-7-13/h3-9,12,19H,10H2,1-2H3/t12-/m0/s1. The molecule has 0 spiro atoms. The average molecular weight is 251 g/mol. The summed E-state index contributed by atoms with van der Waals surface area (Å²) in [5, 5.41) is 10.1. The van der Waals surface area contributed by atoms with Crippen molar-refractivity contribution in [2.75, 3.05) is 0 Å². The maximum Gasteiger partial charge on any atom is 0.124 e.